The number of rotatable bonds is 5. The average Bonchev–Trinajstić information content (AvgIpc) is 2.58. The van der Waals surface area contributed by atoms with Crippen LogP contribution in [-0.2, 0) is 4.79 Å². The van der Waals surface area contributed by atoms with E-state index in [2.05, 4.69) is 19.2 Å². The van der Waals surface area contributed by atoms with Crippen LogP contribution in [0.15, 0.2) is 0 Å². The summed E-state index contributed by atoms with van der Waals surface area (Å²) >= 11 is 1.89. The second kappa shape index (κ2) is 6.16. The summed E-state index contributed by atoms with van der Waals surface area (Å²) in [6.45, 7) is 5.03. The molecule has 0 aromatic rings. The van der Waals surface area contributed by atoms with Gasteiger partial charge in [0.15, 0.2) is 0 Å². The number of carbonyl (C=O) groups excluding carboxylic acids is 2. The molecule has 0 aromatic carbocycles. The molecule has 2 unspecified atom stereocenters. The molecule has 1 saturated heterocycles. The van der Waals surface area contributed by atoms with E-state index in [1.165, 1.54) is 6.42 Å². The number of hydrogen-bond acceptors (Lipinski definition) is 3. The van der Waals surface area contributed by atoms with Crippen LogP contribution in [0.3, 0.4) is 0 Å². The van der Waals surface area contributed by atoms with E-state index in [9.17, 15) is 9.59 Å². The number of nitrogens with zero attached hydrogens (tertiary/aromatic N) is 1. The molecule has 2 fully saturated rings. The molecule has 1 N–H and O–H groups in total. The van der Waals surface area contributed by atoms with Gasteiger partial charge in [0.2, 0.25) is 0 Å². The zero-order valence-corrected chi connectivity index (χ0v) is 12.7. The fourth-order valence-corrected chi connectivity index (χ4v) is 3.98. The van der Waals surface area contributed by atoms with Crippen molar-refractivity contribution in [3.05, 3.63) is 0 Å². The number of thioether (sulfide) groups is 1. The Kier molecular flexibility index (Phi) is 4.76. The molecular formula is C14H24N2O2S. The van der Waals surface area contributed by atoms with Gasteiger partial charge in [-0.3, -0.25) is 10.1 Å². The number of imide groups is 1. The summed E-state index contributed by atoms with van der Waals surface area (Å²) in [5.74, 6) is 2.62. The smallest absolute Gasteiger partial charge is 0.310 e. The zero-order chi connectivity index (χ0) is 13.9. The monoisotopic (exact) mass is 284 g/mol. The summed E-state index contributed by atoms with van der Waals surface area (Å²) in [6.07, 6.45) is 4.83. The molecule has 19 heavy (non-hydrogen) atoms. The van der Waals surface area contributed by atoms with E-state index in [1.807, 2.05) is 16.7 Å². The van der Waals surface area contributed by atoms with Gasteiger partial charge < -0.3 is 4.90 Å². The minimum absolute atomic E-state index is 0.0628. The van der Waals surface area contributed by atoms with Crippen LogP contribution >= 0.6 is 11.8 Å². The van der Waals surface area contributed by atoms with E-state index in [0.29, 0.717) is 12.5 Å². The lowest BCUT2D eigenvalue weighted by Crippen LogP contribution is -2.52. The zero-order valence-electron chi connectivity index (χ0n) is 11.9. The summed E-state index contributed by atoms with van der Waals surface area (Å²) in [5.41, 5.74) is -0.536. The number of amides is 3. The second-order valence-electron chi connectivity index (χ2n) is 5.69. The van der Waals surface area contributed by atoms with Crippen molar-refractivity contribution in [2.24, 2.45) is 5.92 Å². The first-order chi connectivity index (χ1) is 9.10. The normalized spacial score (nSPS) is 31.1. The van der Waals surface area contributed by atoms with E-state index in [4.69, 9.17) is 0 Å². The summed E-state index contributed by atoms with van der Waals surface area (Å²) in [5, 5.41) is 2.53. The Balaban J connectivity index is 2.05. The number of urea groups is 1. The maximum absolute atomic E-state index is 12.2. The molecule has 2 rings (SSSR count). The van der Waals surface area contributed by atoms with Crippen LogP contribution in [0, 0.1) is 5.92 Å². The molecule has 4 nitrogen and oxygen atoms in total. The predicted octanol–water partition coefficient (Wildman–Crippen LogP) is 2.63. The fourth-order valence-electron chi connectivity index (χ4n) is 3.36. The molecule has 0 aromatic heterocycles. The van der Waals surface area contributed by atoms with Gasteiger partial charge in [0.25, 0.3) is 5.91 Å². The van der Waals surface area contributed by atoms with Crippen molar-refractivity contribution in [3.63, 3.8) is 0 Å². The van der Waals surface area contributed by atoms with Crippen LogP contribution in [-0.4, -0.2) is 40.4 Å². The average molecular weight is 284 g/mol. The van der Waals surface area contributed by atoms with E-state index >= 15 is 0 Å². The molecule has 1 saturated carbocycles. The minimum atomic E-state index is -0.536. The molecule has 108 valence electrons. The summed E-state index contributed by atoms with van der Waals surface area (Å²) < 4.78 is 0. The van der Waals surface area contributed by atoms with Crippen molar-refractivity contribution in [2.75, 3.05) is 18.1 Å². The van der Waals surface area contributed by atoms with Crippen LogP contribution in [0.1, 0.15) is 46.0 Å². The third-order valence-electron chi connectivity index (χ3n) is 4.25. The van der Waals surface area contributed by atoms with Crippen molar-refractivity contribution in [1.82, 2.24) is 10.2 Å². The van der Waals surface area contributed by atoms with Crippen molar-refractivity contribution < 1.29 is 9.59 Å². The van der Waals surface area contributed by atoms with E-state index < -0.39 is 5.54 Å². The molecule has 1 aliphatic carbocycles. The van der Waals surface area contributed by atoms with Crippen molar-refractivity contribution >= 4 is 23.7 Å². The van der Waals surface area contributed by atoms with Gasteiger partial charge in [-0.2, -0.15) is 11.8 Å². The van der Waals surface area contributed by atoms with Gasteiger partial charge in [0.05, 0.1) is 0 Å². The van der Waals surface area contributed by atoms with Gasteiger partial charge in [0, 0.05) is 6.54 Å². The van der Waals surface area contributed by atoms with Gasteiger partial charge in [-0.05, 0) is 36.7 Å². The number of hydrogen-bond donors (Lipinski definition) is 1. The third kappa shape index (κ3) is 2.91. The van der Waals surface area contributed by atoms with Gasteiger partial charge in [-0.15, -0.1) is 0 Å². The van der Waals surface area contributed by atoms with Gasteiger partial charge in [-0.1, -0.05) is 26.7 Å². The topological polar surface area (TPSA) is 49.4 Å². The second-order valence-corrected chi connectivity index (χ2v) is 7.09. The molecule has 1 aliphatic heterocycles. The van der Waals surface area contributed by atoms with Crippen molar-refractivity contribution in [1.29, 1.82) is 0 Å². The van der Waals surface area contributed by atoms with E-state index in [1.54, 1.807) is 0 Å². The predicted molar refractivity (Wildman–Crippen MR) is 78.2 cm³/mol. The molecular weight excluding hydrogens is 260 g/mol. The summed E-state index contributed by atoms with van der Waals surface area (Å²) in [7, 11) is 0. The van der Waals surface area contributed by atoms with Crippen molar-refractivity contribution in [3.8, 4) is 0 Å². The minimum Gasteiger partial charge on any atom is -0.310 e. The molecule has 0 bridgehead atoms. The lowest BCUT2D eigenvalue weighted by molar-refractivity contribution is -0.129. The van der Waals surface area contributed by atoms with E-state index in [-0.39, 0.29) is 11.9 Å². The highest BCUT2D eigenvalue weighted by Crippen LogP contribution is 2.39. The highest BCUT2D eigenvalue weighted by molar-refractivity contribution is 7.99. The molecule has 2 atom stereocenters. The van der Waals surface area contributed by atoms with Gasteiger partial charge in [-0.25, -0.2) is 4.79 Å². The molecule has 1 heterocycles. The lowest BCUT2D eigenvalue weighted by atomic mass is 9.75. The Hall–Kier alpha value is -0.710. The highest BCUT2D eigenvalue weighted by atomic mass is 32.2. The van der Waals surface area contributed by atoms with Crippen LogP contribution < -0.4 is 5.32 Å². The van der Waals surface area contributed by atoms with Crippen molar-refractivity contribution in [2.45, 2.75) is 51.5 Å². The van der Waals surface area contributed by atoms with Crippen LogP contribution in [0.25, 0.3) is 0 Å². The Labute approximate surface area is 119 Å². The first kappa shape index (κ1) is 14.7. The Morgan fingerprint density at radius 1 is 1.47 bits per heavy atom. The maximum atomic E-state index is 12.2. The van der Waals surface area contributed by atoms with Crippen LogP contribution in [0.2, 0.25) is 0 Å². The van der Waals surface area contributed by atoms with Gasteiger partial charge in [0.1, 0.15) is 5.54 Å². The molecule has 2 aliphatic rings. The molecule has 1 spiro atoms. The highest BCUT2D eigenvalue weighted by Gasteiger charge is 2.53. The Bertz CT molecular complexity index is 361. The molecule has 5 heteroatoms. The third-order valence-corrected chi connectivity index (χ3v) is 5.24. The number of nitrogens with one attached hydrogen (secondary N) is 1. The maximum Gasteiger partial charge on any atom is 0.325 e. The van der Waals surface area contributed by atoms with Crippen LogP contribution in [0.4, 0.5) is 4.79 Å². The lowest BCUT2D eigenvalue weighted by Gasteiger charge is -2.40. The Morgan fingerprint density at radius 2 is 2.26 bits per heavy atom. The summed E-state index contributed by atoms with van der Waals surface area (Å²) in [4.78, 5) is 26.1. The number of carbonyl (C=O) groups is 2. The first-order valence-electron chi connectivity index (χ1n) is 7.31. The largest absolute Gasteiger partial charge is 0.325 e. The van der Waals surface area contributed by atoms with E-state index in [0.717, 1.165) is 37.2 Å². The fraction of sp³-hybridized carbons (Fsp3) is 0.857. The summed E-state index contributed by atoms with van der Waals surface area (Å²) in [6, 6.07) is -0.180. The molecule has 3 amide bonds. The molecule has 0 radical (unpaired) electrons. The first-order valence-corrected chi connectivity index (χ1v) is 8.46. The quantitative estimate of drug-likeness (QED) is 0.623. The SMILES string of the molecule is CCSCCCN1C(=O)NC(=O)C12CCCC(C)C2. The Morgan fingerprint density at radius 3 is 2.95 bits per heavy atom. The van der Waals surface area contributed by atoms with Crippen LogP contribution in [0.5, 0.6) is 0 Å². The standard InChI is InChI=1S/C14H24N2O2S/c1-3-19-9-5-8-16-13(18)15-12(17)14(16)7-4-6-11(2)10-14/h11H,3-10H2,1-2H3,(H,15,17,18). The van der Waals surface area contributed by atoms with Gasteiger partial charge >= 0.3 is 6.03 Å².